The van der Waals surface area contributed by atoms with Crippen molar-refractivity contribution in [3.63, 3.8) is 0 Å². The van der Waals surface area contributed by atoms with E-state index in [0.717, 1.165) is 33.1 Å². The van der Waals surface area contributed by atoms with E-state index in [2.05, 4.69) is 14.3 Å². The van der Waals surface area contributed by atoms with Crippen LogP contribution in [0.15, 0.2) is 29.1 Å². The number of ether oxygens (including phenoxy) is 1. The van der Waals surface area contributed by atoms with E-state index in [4.69, 9.17) is 4.74 Å². The topological polar surface area (TPSA) is 72.3 Å². The normalized spacial score (nSPS) is 11.5. The number of aromatic amines is 1. The molecule has 4 aromatic rings. The van der Waals surface area contributed by atoms with Gasteiger partial charge in [0.1, 0.15) is 11.6 Å². The number of hydrogen-bond donors (Lipinski definition) is 1. The fourth-order valence-corrected chi connectivity index (χ4v) is 3.81. The molecule has 0 unspecified atom stereocenters. The van der Waals surface area contributed by atoms with Crippen LogP contribution in [0.1, 0.15) is 22.6 Å². The van der Waals surface area contributed by atoms with E-state index >= 15 is 0 Å². The number of pyridine rings is 1. The van der Waals surface area contributed by atoms with Gasteiger partial charge in [-0.3, -0.25) is 9.20 Å². The minimum absolute atomic E-state index is 0.130. The summed E-state index contributed by atoms with van der Waals surface area (Å²) in [6.07, 6.45) is 0.512. The van der Waals surface area contributed by atoms with Crippen molar-refractivity contribution in [2.45, 2.75) is 20.3 Å². The van der Waals surface area contributed by atoms with Crippen molar-refractivity contribution in [2.75, 3.05) is 7.11 Å². The molecule has 7 heteroatoms. The number of benzene rings is 1. The second-order valence-corrected chi connectivity index (χ2v) is 6.44. The van der Waals surface area contributed by atoms with Crippen LogP contribution in [0.2, 0.25) is 0 Å². The molecular formula is C17H16N4O2S. The van der Waals surface area contributed by atoms with E-state index < -0.39 is 0 Å². The molecule has 0 amide bonds. The third-order valence-corrected chi connectivity index (χ3v) is 5.04. The fourth-order valence-electron chi connectivity index (χ4n) is 3.05. The molecule has 3 aromatic heterocycles. The van der Waals surface area contributed by atoms with Crippen LogP contribution in [0, 0.1) is 13.8 Å². The first-order chi connectivity index (χ1) is 11.6. The maximum atomic E-state index is 12.2. The van der Waals surface area contributed by atoms with Gasteiger partial charge in [-0.1, -0.05) is 12.1 Å². The van der Waals surface area contributed by atoms with Crippen LogP contribution in [0.5, 0.6) is 5.75 Å². The first kappa shape index (κ1) is 14.9. The molecule has 0 bridgehead atoms. The van der Waals surface area contributed by atoms with Gasteiger partial charge in [0.25, 0.3) is 5.56 Å². The largest absolute Gasteiger partial charge is 0.496 e. The summed E-state index contributed by atoms with van der Waals surface area (Å²) < 4.78 is 12.0. The maximum Gasteiger partial charge on any atom is 0.254 e. The molecule has 3 heterocycles. The van der Waals surface area contributed by atoms with Gasteiger partial charge < -0.3 is 9.72 Å². The van der Waals surface area contributed by atoms with Gasteiger partial charge in [0.2, 0.25) is 4.96 Å². The van der Waals surface area contributed by atoms with E-state index in [-0.39, 0.29) is 5.56 Å². The van der Waals surface area contributed by atoms with E-state index in [1.807, 2.05) is 35.6 Å². The lowest BCUT2D eigenvalue weighted by Crippen LogP contribution is -2.16. The molecule has 0 aliphatic rings. The highest BCUT2D eigenvalue weighted by Gasteiger charge is 2.17. The molecule has 1 N–H and O–H groups in total. The first-order valence-electron chi connectivity index (χ1n) is 7.58. The Hall–Kier alpha value is -2.67. The second-order valence-electron chi connectivity index (χ2n) is 5.71. The number of imidazole rings is 1. The summed E-state index contributed by atoms with van der Waals surface area (Å²) in [7, 11) is 1.59. The van der Waals surface area contributed by atoms with Gasteiger partial charge in [0.15, 0.2) is 0 Å². The molecular weight excluding hydrogens is 324 g/mol. The summed E-state index contributed by atoms with van der Waals surface area (Å²) >= 11 is 1.36. The molecule has 0 atom stereocenters. The molecule has 0 saturated carbocycles. The number of rotatable bonds is 3. The van der Waals surface area contributed by atoms with E-state index in [1.54, 1.807) is 14.0 Å². The van der Waals surface area contributed by atoms with Crippen molar-refractivity contribution in [3.05, 3.63) is 57.3 Å². The van der Waals surface area contributed by atoms with Gasteiger partial charge >= 0.3 is 0 Å². The molecule has 0 radical (unpaired) electrons. The molecule has 24 heavy (non-hydrogen) atoms. The summed E-state index contributed by atoms with van der Waals surface area (Å²) in [5.41, 5.74) is 4.17. The Labute approximate surface area is 141 Å². The summed E-state index contributed by atoms with van der Waals surface area (Å²) in [5, 5.41) is 0. The molecule has 0 aliphatic carbocycles. The lowest BCUT2D eigenvalue weighted by atomic mass is 10.1. The van der Waals surface area contributed by atoms with Gasteiger partial charge in [-0.05, 0) is 26.0 Å². The van der Waals surface area contributed by atoms with E-state index in [9.17, 15) is 4.79 Å². The average Bonchev–Trinajstić information content (AvgIpc) is 3.13. The van der Waals surface area contributed by atoms with Gasteiger partial charge in [-0.15, -0.1) is 0 Å². The van der Waals surface area contributed by atoms with Gasteiger partial charge in [-0.25, -0.2) is 4.98 Å². The zero-order valence-corrected chi connectivity index (χ0v) is 14.4. The molecule has 1 aromatic carbocycles. The Morgan fingerprint density at radius 2 is 2.04 bits per heavy atom. The first-order valence-corrected chi connectivity index (χ1v) is 8.35. The van der Waals surface area contributed by atoms with E-state index in [1.165, 1.54) is 11.5 Å². The number of para-hydroxylation sites is 2. The smallest absolute Gasteiger partial charge is 0.254 e. The Balaban J connectivity index is 1.89. The summed E-state index contributed by atoms with van der Waals surface area (Å²) in [6, 6.07) is 7.97. The maximum absolute atomic E-state index is 12.2. The standard InChI is InChI=1S/C17H16N4O2S/c1-9-12(18-16(22)10(2)15(9)23-3)8-14-20-24-17-19-11-6-4-5-7-13(11)21(14)17/h4-7H,8H2,1-3H3,(H,18,22). The van der Waals surface area contributed by atoms with Crippen LogP contribution in [0.3, 0.4) is 0 Å². The fraction of sp³-hybridized carbons (Fsp3) is 0.235. The number of methoxy groups -OCH3 is 1. The predicted octanol–water partition coefficient (Wildman–Crippen LogP) is 2.85. The second kappa shape index (κ2) is 5.45. The summed E-state index contributed by atoms with van der Waals surface area (Å²) in [4.78, 5) is 20.6. The minimum atomic E-state index is -0.130. The number of fused-ring (bicyclic) bond motifs is 3. The zero-order valence-electron chi connectivity index (χ0n) is 13.6. The zero-order chi connectivity index (χ0) is 16.8. The van der Waals surface area contributed by atoms with E-state index in [0.29, 0.717) is 17.7 Å². The van der Waals surface area contributed by atoms with Crippen molar-refractivity contribution in [1.82, 2.24) is 18.7 Å². The van der Waals surface area contributed by atoms with Crippen molar-refractivity contribution in [3.8, 4) is 5.75 Å². The monoisotopic (exact) mass is 340 g/mol. The number of nitrogens with one attached hydrogen (secondary N) is 1. The van der Waals surface area contributed by atoms with Gasteiger partial charge in [0.05, 0.1) is 23.7 Å². The Morgan fingerprint density at radius 1 is 1.25 bits per heavy atom. The third-order valence-electron chi connectivity index (χ3n) is 4.30. The van der Waals surface area contributed by atoms with Crippen molar-refractivity contribution < 1.29 is 4.74 Å². The lowest BCUT2D eigenvalue weighted by Gasteiger charge is -2.12. The van der Waals surface area contributed by atoms with Crippen LogP contribution in [0.4, 0.5) is 0 Å². The molecule has 0 fully saturated rings. The number of aromatic nitrogens is 4. The molecule has 0 spiro atoms. The number of hydrogen-bond acceptors (Lipinski definition) is 5. The highest BCUT2D eigenvalue weighted by Crippen LogP contribution is 2.26. The van der Waals surface area contributed by atoms with Gasteiger partial charge in [-0.2, -0.15) is 4.37 Å². The molecule has 122 valence electrons. The Bertz CT molecular complexity index is 1120. The van der Waals surface area contributed by atoms with Gasteiger partial charge in [0, 0.05) is 29.2 Å². The summed E-state index contributed by atoms with van der Waals surface area (Å²) in [5.74, 6) is 1.49. The number of H-pyrrole nitrogens is 1. The Morgan fingerprint density at radius 3 is 2.83 bits per heavy atom. The average molecular weight is 340 g/mol. The predicted molar refractivity (Wildman–Crippen MR) is 94.3 cm³/mol. The van der Waals surface area contributed by atoms with Crippen molar-refractivity contribution in [1.29, 1.82) is 0 Å². The van der Waals surface area contributed by atoms with Crippen LogP contribution in [0.25, 0.3) is 16.0 Å². The highest BCUT2D eigenvalue weighted by atomic mass is 32.1. The van der Waals surface area contributed by atoms with Crippen molar-refractivity contribution in [2.24, 2.45) is 0 Å². The number of nitrogens with zero attached hydrogens (tertiary/aromatic N) is 3. The molecule has 0 aliphatic heterocycles. The van der Waals surface area contributed by atoms with Crippen LogP contribution < -0.4 is 10.3 Å². The quantitative estimate of drug-likeness (QED) is 0.622. The lowest BCUT2D eigenvalue weighted by molar-refractivity contribution is 0.406. The van der Waals surface area contributed by atoms with Crippen LogP contribution in [-0.4, -0.2) is 25.9 Å². The Kier molecular flexibility index (Phi) is 3.38. The summed E-state index contributed by atoms with van der Waals surface area (Å²) in [6.45, 7) is 3.71. The van der Waals surface area contributed by atoms with Crippen molar-refractivity contribution >= 4 is 27.5 Å². The minimum Gasteiger partial charge on any atom is -0.496 e. The third kappa shape index (κ3) is 2.12. The molecule has 4 rings (SSSR count). The molecule has 6 nitrogen and oxygen atoms in total. The van der Waals surface area contributed by atoms with Crippen LogP contribution >= 0.6 is 11.5 Å². The van der Waals surface area contributed by atoms with Crippen LogP contribution in [-0.2, 0) is 6.42 Å². The molecule has 0 saturated heterocycles. The SMILES string of the molecule is COc1c(C)c(Cc2nsc3nc4ccccc4n23)[nH]c(=O)c1C. The highest BCUT2D eigenvalue weighted by molar-refractivity contribution is 7.11.